The molecular formula is C11H22N2O3. The van der Waals surface area contributed by atoms with Gasteiger partial charge in [-0.25, -0.2) is 0 Å². The molecule has 2 unspecified atom stereocenters. The van der Waals surface area contributed by atoms with Crippen molar-refractivity contribution in [1.29, 1.82) is 0 Å². The molecule has 1 aliphatic rings. The largest absolute Gasteiger partial charge is 0.394 e. The highest BCUT2D eigenvalue weighted by Gasteiger charge is 2.23. The van der Waals surface area contributed by atoms with Crippen molar-refractivity contribution in [1.82, 2.24) is 4.90 Å². The van der Waals surface area contributed by atoms with Crippen molar-refractivity contribution < 1.29 is 14.6 Å². The summed E-state index contributed by atoms with van der Waals surface area (Å²) < 4.78 is 5.29. The fourth-order valence-corrected chi connectivity index (χ4v) is 1.79. The summed E-state index contributed by atoms with van der Waals surface area (Å²) in [4.78, 5) is 13.6. The highest BCUT2D eigenvalue weighted by atomic mass is 16.5. The Hall–Kier alpha value is -0.650. The fraction of sp³-hybridized carbons (Fsp3) is 0.909. The predicted octanol–water partition coefficient (Wildman–Crippen LogP) is -0.276. The molecule has 1 fully saturated rings. The molecule has 0 aromatic heterocycles. The first-order valence-electron chi connectivity index (χ1n) is 5.89. The normalized spacial score (nSPS) is 23.2. The van der Waals surface area contributed by atoms with Crippen molar-refractivity contribution >= 4 is 5.91 Å². The molecule has 5 nitrogen and oxygen atoms in total. The topological polar surface area (TPSA) is 75.8 Å². The van der Waals surface area contributed by atoms with E-state index in [1.165, 1.54) is 0 Å². The zero-order chi connectivity index (χ0) is 12.0. The molecule has 1 amide bonds. The van der Waals surface area contributed by atoms with Crippen LogP contribution in [0.3, 0.4) is 0 Å². The van der Waals surface area contributed by atoms with Gasteiger partial charge in [0.15, 0.2) is 0 Å². The second kappa shape index (κ2) is 6.83. The van der Waals surface area contributed by atoms with Gasteiger partial charge in [-0.05, 0) is 19.8 Å². The molecule has 5 heteroatoms. The average molecular weight is 230 g/mol. The maximum Gasteiger partial charge on any atom is 0.222 e. The van der Waals surface area contributed by atoms with E-state index in [-0.39, 0.29) is 24.7 Å². The summed E-state index contributed by atoms with van der Waals surface area (Å²) in [5.74, 6) is 0.141. The van der Waals surface area contributed by atoms with E-state index in [2.05, 4.69) is 0 Å². The van der Waals surface area contributed by atoms with Crippen LogP contribution in [0.5, 0.6) is 0 Å². The van der Waals surface area contributed by atoms with E-state index in [9.17, 15) is 4.79 Å². The molecule has 0 spiro atoms. The van der Waals surface area contributed by atoms with Gasteiger partial charge in [0.05, 0.1) is 19.3 Å². The van der Waals surface area contributed by atoms with E-state index >= 15 is 0 Å². The molecule has 1 rings (SSSR count). The first-order chi connectivity index (χ1) is 7.63. The zero-order valence-electron chi connectivity index (χ0n) is 9.89. The highest BCUT2D eigenvalue weighted by molar-refractivity contribution is 5.76. The molecule has 1 heterocycles. The van der Waals surface area contributed by atoms with Gasteiger partial charge in [-0.15, -0.1) is 0 Å². The van der Waals surface area contributed by atoms with Crippen molar-refractivity contribution in [3.63, 3.8) is 0 Å². The third-order valence-electron chi connectivity index (χ3n) is 2.75. The van der Waals surface area contributed by atoms with Crippen molar-refractivity contribution in [3.05, 3.63) is 0 Å². The molecule has 0 aromatic carbocycles. The third-order valence-corrected chi connectivity index (χ3v) is 2.75. The number of hydrogen-bond donors (Lipinski definition) is 2. The van der Waals surface area contributed by atoms with Crippen LogP contribution in [-0.2, 0) is 9.53 Å². The number of aliphatic hydroxyl groups excluding tert-OH is 1. The number of carbonyl (C=O) groups excluding carboxylic acids is 1. The maximum absolute atomic E-state index is 11.8. The summed E-state index contributed by atoms with van der Waals surface area (Å²) in [6.45, 7) is 3.58. The zero-order valence-corrected chi connectivity index (χ0v) is 9.89. The van der Waals surface area contributed by atoms with Crippen LogP contribution < -0.4 is 5.73 Å². The Morgan fingerprint density at radius 3 is 3.06 bits per heavy atom. The molecule has 0 saturated carbocycles. The molecule has 2 atom stereocenters. The summed E-state index contributed by atoms with van der Waals surface area (Å²) in [7, 11) is 0. The number of nitrogens with zero attached hydrogens (tertiary/aromatic N) is 1. The summed E-state index contributed by atoms with van der Waals surface area (Å²) >= 11 is 0. The predicted molar refractivity (Wildman–Crippen MR) is 60.9 cm³/mol. The van der Waals surface area contributed by atoms with E-state index in [1.54, 1.807) is 4.90 Å². The molecular weight excluding hydrogens is 208 g/mol. The van der Waals surface area contributed by atoms with Crippen molar-refractivity contribution in [2.75, 3.05) is 26.3 Å². The van der Waals surface area contributed by atoms with Crippen LogP contribution in [0.15, 0.2) is 0 Å². The quantitative estimate of drug-likeness (QED) is 0.681. The lowest BCUT2D eigenvalue weighted by atomic mass is 10.1. The average Bonchev–Trinajstić information content (AvgIpc) is 2.28. The van der Waals surface area contributed by atoms with Gasteiger partial charge in [0.25, 0.3) is 0 Å². The number of hydrogen-bond acceptors (Lipinski definition) is 4. The van der Waals surface area contributed by atoms with Crippen molar-refractivity contribution in [2.24, 2.45) is 5.73 Å². The molecule has 1 saturated heterocycles. The molecule has 16 heavy (non-hydrogen) atoms. The van der Waals surface area contributed by atoms with E-state index in [4.69, 9.17) is 15.6 Å². The fourth-order valence-electron chi connectivity index (χ4n) is 1.79. The number of rotatable bonds is 5. The standard InChI is InChI=1S/C11H22N2O3/c1-9(12)3-2-4-11(15)13-5-6-16-10(7-13)8-14/h9-10,14H,2-8,12H2,1H3. The molecule has 94 valence electrons. The number of nitrogens with two attached hydrogens (primary N) is 1. The lowest BCUT2D eigenvalue weighted by molar-refractivity contribution is -0.140. The maximum atomic E-state index is 11.8. The minimum atomic E-state index is -0.217. The van der Waals surface area contributed by atoms with E-state index in [0.717, 1.165) is 12.8 Å². The van der Waals surface area contributed by atoms with E-state index in [0.29, 0.717) is 26.1 Å². The second-order valence-electron chi connectivity index (χ2n) is 4.38. The van der Waals surface area contributed by atoms with Crippen LogP contribution in [0.2, 0.25) is 0 Å². The van der Waals surface area contributed by atoms with Gasteiger partial charge in [-0.2, -0.15) is 0 Å². The Labute approximate surface area is 96.6 Å². The van der Waals surface area contributed by atoms with Crippen molar-refractivity contribution in [2.45, 2.75) is 38.3 Å². The van der Waals surface area contributed by atoms with Gasteiger partial charge >= 0.3 is 0 Å². The van der Waals surface area contributed by atoms with Crippen LogP contribution in [0.25, 0.3) is 0 Å². The smallest absolute Gasteiger partial charge is 0.222 e. The minimum Gasteiger partial charge on any atom is -0.394 e. The van der Waals surface area contributed by atoms with Gasteiger partial charge in [0, 0.05) is 25.6 Å². The summed E-state index contributed by atoms with van der Waals surface area (Å²) in [5.41, 5.74) is 5.62. The molecule has 0 bridgehead atoms. The molecule has 1 aliphatic heterocycles. The van der Waals surface area contributed by atoms with Gasteiger partial charge in [-0.1, -0.05) is 0 Å². The molecule has 3 N–H and O–H groups in total. The number of ether oxygens (including phenoxy) is 1. The van der Waals surface area contributed by atoms with E-state index < -0.39 is 0 Å². The van der Waals surface area contributed by atoms with Crippen LogP contribution in [-0.4, -0.2) is 54.4 Å². The SMILES string of the molecule is CC(N)CCCC(=O)N1CCOC(CO)C1. The number of aliphatic hydroxyl groups is 1. The van der Waals surface area contributed by atoms with Crippen molar-refractivity contribution in [3.8, 4) is 0 Å². The lowest BCUT2D eigenvalue weighted by Gasteiger charge is -2.32. The van der Waals surface area contributed by atoms with Crippen LogP contribution in [0.4, 0.5) is 0 Å². The van der Waals surface area contributed by atoms with Gasteiger partial charge in [0.1, 0.15) is 0 Å². The summed E-state index contributed by atoms with van der Waals surface area (Å²) in [5, 5.41) is 8.96. The first-order valence-corrected chi connectivity index (χ1v) is 5.89. The molecule has 0 aliphatic carbocycles. The molecule has 0 radical (unpaired) electrons. The Kier molecular flexibility index (Phi) is 5.73. The Morgan fingerprint density at radius 1 is 1.69 bits per heavy atom. The Bertz CT molecular complexity index is 221. The number of amides is 1. The van der Waals surface area contributed by atoms with Gasteiger partial charge < -0.3 is 20.5 Å². The summed E-state index contributed by atoms with van der Waals surface area (Å²) in [6.07, 6.45) is 2.03. The monoisotopic (exact) mass is 230 g/mol. The van der Waals surface area contributed by atoms with E-state index in [1.807, 2.05) is 6.92 Å². The van der Waals surface area contributed by atoms with Crippen LogP contribution >= 0.6 is 0 Å². The lowest BCUT2D eigenvalue weighted by Crippen LogP contribution is -2.46. The van der Waals surface area contributed by atoms with Gasteiger partial charge in [-0.3, -0.25) is 4.79 Å². The number of morpholine rings is 1. The Morgan fingerprint density at radius 2 is 2.44 bits per heavy atom. The first kappa shape index (κ1) is 13.4. The third kappa shape index (κ3) is 4.47. The highest BCUT2D eigenvalue weighted by Crippen LogP contribution is 2.08. The minimum absolute atomic E-state index is 0.0242. The Balaban J connectivity index is 2.24. The number of carbonyl (C=O) groups is 1. The van der Waals surface area contributed by atoms with Gasteiger partial charge in [0.2, 0.25) is 5.91 Å². The second-order valence-corrected chi connectivity index (χ2v) is 4.38. The summed E-state index contributed by atoms with van der Waals surface area (Å²) in [6, 6.07) is 0.155. The van der Waals surface area contributed by atoms with Crippen LogP contribution in [0, 0.1) is 0 Å². The van der Waals surface area contributed by atoms with Crippen LogP contribution in [0.1, 0.15) is 26.2 Å². The molecule has 0 aromatic rings.